The van der Waals surface area contributed by atoms with Crippen molar-refractivity contribution < 1.29 is 34.8 Å². The predicted octanol–water partition coefficient (Wildman–Crippen LogP) is -0.986. The van der Waals surface area contributed by atoms with Gasteiger partial charge < -0.3 is 31.1 Å². The van der Waals surface area contributed by atoms with Crippen molar-refractivity contribution >= 4 is 17.8 Å². The first-order chi connectivity index (χ1) is 12.2. The smallest absolute Gasteiger partial charge is 0.335 e. The summed E-state index contributed by atoms with van der Waals surface area (Å²) in [4.78, 5) is 33.6. The summed E-state index contributed by atoms with van der Waals surface area (Å²) in [5.41, 5.74) is 7.06. The van der Waals surface area contributed by atoms with Gasteiger partial charge >= 0.3 is 11.9 Å². The third-order valence-electron chi connectivity index (χ3n) is 4.65. The van der Waals surface area contributed by atoms with Gasteiger partial charge in [0.1, 0.15) is 0 Å². The van der Waals surface area contributed by atoms with Crippen LogP contribution in [0, 0.1) is 5.41 Å². The van der Waals surface area contributed by atoms with Gasteiger partial charge in [0.2, 0.25) is 5.91 Å². The van der Waals surface area contributed by atoms with Crippen molar-refractivity contribution in [3.8, 4) is 0 Å². The highest BCUT2D eigenvalue weighted by molar-refractivity contribution is 5.88. The molecule has 1 saturated heterocycles. The summed E-state index contributed by atoms with van der Waals surface area (Å²) in [7, 11) is 0. The Morgan fingerprint density at radius 3 is 2.00 bits per heavy atom. The first kappa shape index (κ1) is 19.8. The fourth-order valence-corrected chi connectivity index (χ4v) is 2.90. The number of nitrogens with zero attached hydrogens (tertiary/aromatic N) is 1. The Morgan fingerprint density at radius 1 is 1.12 bits per heavy atom. The molecule has 26 heavy (non-hydrogen) atoms. The molecule has 0 radical (unpaired) electrons. The zero-order valence-electron chi connectivity index (χ0n) is 14.0. The number of aliphatic carboxylic acids is 2. The second-order valence-electron chi connectivity index (χ2n) is 6.50. The molecule has 142 valence electrons. The minimum absolute atomic E-state index is 0.0451. The molecule has 2 aliphatic rings. The van der Waals surface area contributed by atoms with Gasteiger partial charge in [-0.1, -0.05) is 30.3 Å². The Morgan fingerprint density at radius 2 is 1.62 bits per heavy atom. The maximum absolute atomic E-state index is 12.2. The third kappa shape index (κ3) is 4.18. The molecule has 3 atom stereocenters. The molecule has 1 aliphatic heterocycles. The number of benzene rings is 1. The standard InChI is InChI=1S/C13H16N2O.C4H6O6/c14-11-9-15(12(16)13(11)6-7-13)8-10-4-2-1-3-5-10;5-1(3(7)8)2(6)4(9)10/h1-5,11H,6-9,14H2;1-2,5-6H,(H,7,8)(H,9,10)/t11-;/m1./s1. The average molecular weight is 366 g/mol. The molecule has 9 nitrogen and oxygen atoms in total. The van der Waals surface area contributed by atoms with Gasteiger partial charge in [-0.3, -0.25) is 4.79 Å². The van der Waals surface area contributed by atoms with Crippen LogP contribution in [0.25, 0.3) is 0 Å². The molecule has 0 aromatic heterocycles. The highest BCUT2D eigenvalue weighted by Gasteiger charge is 2.60. The lowest BCUT2D eigenvalue weighted by atomic mass is 10.0. The van der Waals surface area contributed by atoms with E-state index in [9.17, 15) is 14.4 Å². The normalized spacial score (nSPS) is 22.3. The maximum Gasteiger partial charge on any atom is 0.335 e. The Kier molecular flexibility index (Phi) is 5.96. The van der Waals surface area contributed by atoms with Crippen LogP contribution in [-0.4, -0.2) is 68.0 Å². The van der Waals surface area contributed by atoms with Crippen LogP contribution >= 0.6 is 0 Å². The van der Waals surface area contributed by atoms with Crippen molar-refractivity contribution in [1.29, 1.82) is 0 Å². The zero-order valence-corrected chi connectivity index (χ0v) is 14.0. The van der Waals surface area contributed by atoms with Gasteiger partial charge in [-0.15, -0.1) is 0 Å². The number of carbonyl (C=O) groups is 3. The van der Waals surface area contributed by atoms with Crippen LogP contribution in [-0.2, 0) is 20.9 Å². The van der Waals surface area contributed by atoms with Crippen molar-refractivity contribution in [3.63, 3.8) is 0 Å². The predicted molar refractivity (Wildman–Crippen MR) is 88.8 cm³/mol. The monoisotopic (exact) mass is 366 g/mol. The van der Waals surface area contributed by atoms with Crippen molar-refractivity contribution in [2.24, 2.45) is 11.1 Å². The van der Waals surface area contributed by atoms with Gasteiger partial charge in [0, 0.05) is 19.1 Å². The second kappa shape index (κ2) is 7.81. The number of hydrogen-bond acceptors (Lipinski definition) is 6. The molecular formula is C17H22N2O7. The highest BCUT2D eigenvalue weighted by Crippen LogP contribution is 2.53. The van der Waals surface area contributed by atoms with Crippen molar-refractivity contribution in [2.45, 2.75) is 37.6 Å². The van der Waals surface area contributed by atoms with Gasteiger partial charge in [-0.25, -0.2) is 9.59 Å². The average Bonchev–Trinajstić information content (AvgIpc) is 3.38. The number of likely N-dealkylation sites (tertiary alicyclic amines) is 1. The lowest BCUT2D eigenvalue weighted by molar-refractivity contribution is -0.165. The minimum atomic E-state index is -2.27. The van der Waals surface area contributed by atoms with Gasteiger partial charge in [-0.05, 0) is 18.4 Å². The molecule has 2 unspecified atom stereocenters. The van der Waals surface area contributed by atoms with E-state index in [4.69, 9.17) is 26.2 Å². The summed E-state index contributed by atoms with van der Waals surface area (Å²) in [6.45, 7) is 1.42. The van der Waals surface area contributed by atoms with E-state index in [0.29, 0.717) is 13.1 Å². The molecule has 0 bridgehead atoms. The minimum Gasteiger partial charge on any atom is -0.479 e. The summed E-state index contributed by atoms with van der Waals surface area (Å²) in [5.74, 6) is -3.27. The van der Waals surface area contributed by atoms with Gasteiger partial charge in [-0.2, -0.15) is 0 Å². The number of nitrogens with two attached hydrogens (primary N) is 1. The van der Waals surface area contributed by atoms with E-state index < -0.39 is 24.1 Å². The lowest BCUT2D eigenvalue weighted by Gasteiger charge is -2.16. The second-order valence-corrected chi connectivity index (χ2v) is 6.50. The summed E-state index contributed by atoms with van der Waals surface area (Å²) >= 11 is 0. The fourth-order valence-electron chi connectivity index (χ4n) is 2.90. The molecule has 6 N–H and O–H groups in total. The number of carboxylic acid groups (broad SMARTS) is 2. The topological polar surface area (TPSA) is 161 Å². The van der Waals surface area contributed by atoms with Gasteiger partial charge in [0.15, 0.2) is 12.2 Å². The largest absolute Gasteiger partial charge is 0.479 e. The summed E-state index contributed by atoms with van der Waals surface area (Å²) in [6, 6.07) is 10.1. The molecule has 1 spiro atoms. The summed E-state index contributed by atoms with van der Waals surface area (Å²) in [5, 5.41) is 32.5. The molecule has 9 heteroatoms. The van der Waals surface area contributed by atoms with E-state index in [2.05, 4.69) is 12.1 Å². The SMILES string of the molecule is N[C@@H]1CN(Cc2ccccc2)C(=O)C12CC2.O=C(O)C(O)C(O)C(=O)O. The molecule has 1 aromatic rings. The molecule has 2 fully saturated rings. The van der Waals surface area contributed by atoms with E-state index >= 15 is 0 Å². The molecule has 1 aromatic carbocycles. The van der Waals surface area contributed by atoms with E-state index in [1.165, 1.54) is 5.56 Å². The van der Waals surface area contributed by atoms with Crippen LogP contribution in [0.3, 0.4) is 0 Å². The number of carbonyl (C=O) groups excluding carboxylic acids is 1. The first-order valence-electron chi connectivity index (χ1n) is 8.09. The Balaban J connectivity index is 0.000000213. The number of hydrogen-bond donors (Lipinski definition) is 5. The molecule has 1 heterocycles. The van der Waals surface area contributed by atoms with E-state index in [-0.39, 0.29) is 17.4 Å². The maximum atomic E-state index is 12.2. The van der Waals surface area contributed by atoms with Crippen LogP contribution in [0.5, 0.6) is 0 Å². The number of carboxylic acids is 2. The summed E-state index contributed by atoms with van der Waals surface area (Å²) in [6.07, 6.45) is -2.56. The fraction of sp³-hybridized carbons (Fsp3) is 0.471. The van der Waals surface area contributed by atoms with Crippen molar-refractivity contribution in [1.82, 2.24) is 4.90 Å². The van der Waals surface area contributed by atoms with Crippen LogP contribution in [0.1, 0.15) is 18.4 Å². The summed E-state index contributed by atoms with van der Waals surface area (Å²) < 4.78 is 0. The van der Waals surface area contributed by atoms with Crippen molar-refractivity contribution in [3.05, 3.63) is 35.9 Å². The van der Waals surface area contributed by atoms with E-state index in [1.54, 1.807) is 0 Å². The van der Waals surface area contributed by atoms with Crippen LogP contribution in [0.2, 0.25) is 0 Å². The zero-order chi connectivity index (χ0) is 19.5. The van der Waals surface area contributed by atoms with E-state index in [1.807, 2.05) is 23.1 Å². The number of amides is 1. The Hall–Kier alpha value is -2.49. The highest BCUT2D eigenvalue weighted by atomic mass is 16.4. The Labute approximate surface area is 149 Å². The van der Waals surface area contributed by atoms with Crippen LogP contribution in [0.15, 0.2) is 30.3 Å². The quantitative estimate of drug-likeness (QED) is 0.444. The Bertz CT molecular complexity index is 657. The van der Waals surface area contributed by atoms with E-state index in [0.717, 1.165) is 12.8 Å². The number of rotatable bonds is 5. The van der Waals surface area contributed by atoms with Crippen LogP contribution in [0.4, 0.5) is 0 Å². The molecule has 1 amide bonds. The lowest BCUT2D eigenvalue weighted by Crippen LogP contribution is -2.39. The van der Waals surface area contributed by atoms with Crippen molar-refractivity contribution in [2.75, 3.05) is 6.54 Å². The molecular weight excluding hydrogens is 344 g/mol. The van der Waals surface area contributed by atoms with Crippen LogP contribution < -0.4 is 5.73 Å². The van der Waals surface area contributed by atoms with Gasteiger partial charge in [0.25, 0.3) is 0 Å². The van der Waals surface area contributed by atoms with Gasteiger partial charge in [0.05, 0.1) is 5.41 Å². The number of aliphatic hydroxyl groups is 2. The first-order valence-corrected chi connectivity index (χ1v) is 8.09. The molecule has 1 saturated carbocycles. The number of aliphatic hydroxyl groups excluding tert-OH is 2. The molecule has 3 rings (SSSR count). The third-order valence-corrected chi connectivity index (χ3v) is 4.65. The molecule has 1 aliphatic carbocycles.